The highest BCUT2D eigenvalue weighted by molar-refractivity contribution is 7.98. The predicted molar refractivity (Wildman–Crippen MR) is 97.5 cm³/mol. The summed E-state index contributed by atoms with van der Waals surface area (Å²) in [7, 11) is 0. The minimum absolute atomic E-state index is 0.154. The Morgan fingerprint density at radius 2 is 2.00 bits per heavy atom. The first kappa shape index (κ1) is 18.3. The standard InChI is InChI=1S/C18H29N3OS/c22-18(10-14-23-15-17-9-5-6-11-19-17)21-13-12-20-16-7-3-1-2-4-8-16/h5-6,9,11,16,20H,1-4,7-8,10,12-15H2,(H,21,22). The number of amides is 1. The van der Waals surface area contributed by atoms with Crippen molar-refractivity contribution in [3.8, 4) is 0 Å². The molecule has 4 nitrogen and oxygen atoms in total. The zero-order chi connectivity index (χ0) is 16.2. The van der Waals surface area contributed by atoms with Gasteiger partial charge in [0.2, 0.25) is 5.91 Å². The van der Waals surface area contributed by atoms with Crippen molar-refractivity contribution < 1.29 is 4.79 Å². The van der Waals surface area contributed by atoms with Gasteiger partial charge in [0.25, 0.3) is 0 Å². The monoisotopic (exact) mass is 335 g/mol. The predicted octanol–water partition coefficient (Wildman–Crippen LogP) is 3.13. The molecule has 0 aromatic carbocycles. The van der Waals surface area contributed by atoms with Gasteiger partial charge < -0.3 is 10.6 Å². The van der Waals surface area contributed by atoms with Crippen molar-refractivity contribution in [2.75, 3.05) is 18.8 Å². The van der Waals surface area contributed by atoms with E-state index in [0.29, 0.717) is 12.5 Å². The fraction of sp³-hybridized carbons (Fsp3) is 0.667. The first-order chi connectivity index (χ1) is 11.3. The van der Waals surface area contributed by atoms with Gasteiger partial charge in [-0.25, -0.2) is 0 Å². The zero-order valence-electron chi connectivity index (χ0n) is 13.9. The molecular formula is C18H29N3OS. The van der Waals surface area contributed by atoms with E-state index < -0.39 is 0 Å². The van der Waals surface area contributed by atoms with E-state index in [0.717, 1.165) is 30.3 Å². The van der Waals surface area contributed by atoms with Crippen molar-refractivity contribution in [2.45, 2.75) is 56.7 Å². The molecule has 1 saturated carbocycles. The molecule has 1 aliphatic carbocycles. The second-order valence-corrected chi connectivity index (χ2v) is 7.22. The number of carbonyl (C=O) groups excluding carboxylic acids is 1. The van der Waals surface area contributed by atoms with E-state index in [1.165, 1.54) is 38.5 Å². The number of aromatic nitrogens is 1. The third-order valence-corrected chi connectivity index (χ3v) is 5.18. The van der Waals surface area contributed by atoms with Crippen LogP contribution in [0.3, 0.4) is 0 Å². The normalized spacial score (nSPS) is 16.0. The zero-order valence-corrected chi connectivity index (χ0v) is 14.7. The molecule has 1 heterocycles. The molecule has 1 aliphatic rings. The van der Waals surface area contributed by atoms with Crippen LogP contribution in [0.5, 0.6) is 0 Å². The molecule has 1 aromatic rings. The first-order valence-corrected chi connectivity index (χ1v) is 9.98. The van der Waals surface area contributed by atoms with E-state index in [1.54, 1.807) is 11.8 Å². The van der Waals surface area contributed by atoms with Crippen LogP contribution in [0.4, 0.5) is 0 Å². The summed E-state index contributed by atoms with van der Waals surface area (Å²) in [6.45, 7) is 1.62. The number of hydrogen-bond donors (Lipinski definition) is 2. The quantitative estimate of drug-likeness (QED) is 0.538. The Hall–Kier alpha value is -1.07. The summed E-state index contributed by atoms with van der Waals surface area (Å²) in [5, 5.41) is 6.58. The summed E-state index contributed by atoms with van der Waals surface area (Å²) in [4.78, 5) is 16.1. The molecule has 0 aliphatic heterocycles. The Balaban J connectivity index is 1.45. The molecule has 0 radical (unpaired) electrons. The van der Waals surface area contributed by atoms with Gasteiger partial charge in [0, 0.05) is 43.3 Å². The summed E-state index contributed by atoms with van der Waals surface area (Å²) in [6, 6.07) is 6.59. The first-order valence-electron chi connectivity index (χ1n) is 8.82. The number of nitrogens with one attached hydrogen (secondary N) is 2. The summed E-state index contributed by atoms with van der Waals surface area (Å²) in [5.41, 5.74) is 1.07. The average Bonchev–Trinajstić information content (AvgIpc) is 2.85. The summed E-state index contributed by atoms with van der Waals surface area (Å²) < 4.78 is 0. The fourth-order valence-electron chi connectivity index (χ4n) is 2.88. The van der Waals surface area contributed by atoms with Crippen molar-refractivity contribution in [1.29, 1.82) is 0 Å². The smallest absolute Gasteiger partial charge is 0.220 e. The van der Waals surface area contributed by atoms with E-state index in [2.05, 4.69) is 15.6 Å². The Morgan fingerprint density at radius 1 is 1.17 bits per heavy atom. The minimum Gasteiger partial charge on any atom is -0.355 e. The topological polar surface area (TPSA) is 54.0 Å². The molecule has 2 rings (SSSR count). The molecule has 0 unspecified atom stereocenters. The highest BCUT2D eigenvalue weighted by atomic mass is 32.2. The molecule has 2 N–H and O–H groups in total. The van der Waals surface area contributed by atoms with Gasteiger partial charge >= 0.3 is 0 Å². The van der Waals surface area contributed by atoms with Crippen LogP contribution in [0.1, 0.15) is 50.6 Å². The lowest BCUT2D eigenvalue weighted by Gasteiger charge is -2.16. The van der Waals surface area contributed by atoms with Crippen LogP contribution in [0.2, 0.25) is 0 Å². The molecule has 1 fully saturated rings. The number of carbonyl (C=O) groups is 1. The molecule has 23 heavy (non-hydrogen) atoms. The van der Waals surface area contributed by atoms with E-state index >= 15 is 0 Å². The second kappa shape index (κ2) is 11.5. The van der Waals surface area contributed by atoms with Crippen molar-refractivity contribution in [3.05, 3.63) is 30.1 Å². The maximum atomic E-state index is 11.8. The molecule has 128 valence electrons. The molecule has 5 heteroatoms. The number of rotatable bonds is 9. The number of thioether (sulfide) groups is 1. The number of pyridine rings is 1. The van der Waals surface area contributed by atoms with Gasteiger partial charge in [0.1, 0.15) is 0 Å². The molecule has 0 atom stereocenters. The van der Waals surface area contributed by atoms with Crippen molar-refractivity contribution in [3.63, 3.8) is 0 Å². The van der Waals surface area contributed by atoms with Crippen LogP contribution >= 0.6 is 11.8 Å². The van der Waals surface area contributed by atoms with E-state index in [4.69, 9.17) is 0 Å². The molecule has 0 spiro atoms. The lowest BCUT2D eigenvalue weighted by Crippen LogP contribution is -2.36. The van der Waals surface area contributed by atoms with Gasteiger partial charge in [-0.2, -0.15) is 11.8 Å². The van der Waals surface area contributed by atoms with Crippen LogP contribution in [0.15, 0.2) is 24.4 Å². The third-order valence-electron chi connectivity index (χ3n) is 4.18. The lowest BCUT2D eigenvalue weighted by atomic mass is 10.1. The number of hydrogen-bond acceptors (Lipinski definition) is 4. The van der Waals surface area contributed by atoms with Crippen LogP contribution in [0, 0.1) is 0 Å². The van der Waals surface area contributed by atoms with Gasteiger partial charge in [-0.3, -0.25) is 9.78 Å². The molecule has 0 saturated heterocycles. The molecule has 1 amide bonds. The fourth-order valence-corrected chi connectivity index (χ4v) is 3.73. The van der Waals surface area contributed by atoms with Crippen LogP contribution in [-0.4, -0.2) is 35.8 Å². The van der Waals surface area contributed by atoms with E-state index in [-0.39, 0.29) is 5.91 Å². The van der Waals surface area contributed by atoms with E-state index in [1.807, 2.05) is 24.4 Å². The third kappa shape index (κ3) is 8.37. The van der Waals surface area contributed by atoms with Gasteiger partial charge in [-0.1, -0.05) is 31.7 Å². The van der Waals surface area contributed by atoms with Gasteiger partial charge in [0.05, 0.1) is 5.69 Å². The average molecular weight is 336 g/mol. The molecule has 0 bridgehead atoms. The highest BCUT2D eigenvalue weighted by Gasteiger charge is 2.10. The lowest BCUT2D eigenvalue weighted by molar-refractivity contribution is -0.120. The Kier molecular flexibility index (Phi) is 9.11. The maximum absolute atomic E-state index is 11.8. The van der Waals surface area contributed by atoms with Crippen LogP contribution in [-0.2, 0) is 10.5 Å². The van der Waals surface area contributed by atoms with Gasteiger partial charge in [0.15, 0.2) is 0 Å². The summed E-state index contributed by atoms with van der Waals surface area (Å²) >= 11 is 1.76. The second-order valence-electron chi connectivity index (χ2n) is 6.12. The summed E-state index contributed by atoms with van der Waals surface area (Å²) in [6.07, 6.45) is 10.4. The Labute approximate surface area is 144 Å². The van der Waals surface area contributed by atoms with Crippen molar-refractivity contribution in [1.82, 2.24) is 15.6 Å². The Bertz CT molecular complexity index is 433. The highest BCUT2D eigenvalue weighted by Crippen LogP contribution is 2.16. The summed E-state index contributed by atoms with van der Waals surface area (Å²) in [5.74, 6) is 1.87. The van der Waals surface area contributed by atoms with Crippen LogP contribution < -0.4 is 10.6 Å². The Morgan fingerprint density at radius 3 is 2.74 bits per heavy atom. The van der Waals surface area contributed by atoms with Crippen molar-refractivity contribution in [2.24, 2.45) is 0 Å². The molecule has 1 aromatic heterocycles. The maximum Gasteiger partial charge on any atom is 0.220 e. The van der Waals surface area contributed by atoms with Crippen molar-refractivity contribution >= 4 is 17.7 Å². The van der Waals surface area contributed by atoms with E-state index in [9.17, 15) is 4.79 Å². The van der Waals surface area contributed by atoms with Crippen LogP contribution in [0.25, 0.3) is 0 Å². The largest absolute Gasteiger partial charge is 0.355 e. The SMILES string of the molecule is O=C(CCSCc1ccccn1)NCCNC1CCCCCC1. The molecular weight excluding hydrogens is 306 g/mol. The van der Waals surface area contributed by atoms with Gasteiger partial charge in [-0.05, 0) is 25.0 Å². The van der Waals surface area contributed by atoms with Gasteiger partial charge in [-0.15, -0.1) is 0 Å². The minimum atomic E-state index is 0.154. The number of nitrogens with zero attached hydrogens (tertiary/aromatic N) is 1.